The van der Waals surface area contributed by atoms with Crippen molar-refractivity contribution in [3.05, 3.63) is 53.3 Å². The molecule has 24 heavy (non-hydrogen) atoms. The summed E-state index contributed by atoms with van der Waals surface area (Å²) < 4.78 is 53.3. The Bertz CT molecular complexity index is 856. The summed E-state index contributed by atoms with van der Waals surface area (Å²) in [5.41, 5.74) is 0.764. The van der Waals surface area contributed by atoms with Crippen LogP contribution in [-0.4, -0.2) is 43.9 Å². The zero-order valence-electron chi connectivity index (χ0n) is 12.5. The highest BCUT2D eigenvalue weighted by Gasteiger charge is 2.31. The fourth-order valence-corrected chi connectivity index (χ4v) is 4.34. The van der Waals surface area contributed by atoms with Crippen molar-refractivity contribution in [3.8, 4) is 0 Å². The SMILES string of the molecule is O=S(=O)(c1cc(F)ccc1F)N1CCN(c2ccncc2Cl)CC1. The molecule has 0 spiro atoms. The lowest BCUT2D eigenvalue weighted by Gasteiger charge is -2.35. The Hall–Kier alpha value is -1.77. The molecule has 0 aliphatic carbocycles. The molecule has 0 N–H and O–H groups in total. The highest BCUT2D eigenvalue weighted by atomic mass is 35.5. The van der Waals surface area contributed by atoms with Gasteiger partial charge in [0, 0.05) is 38.6 Å². The Morgan fingerprint density at radius 2 is 1.79 bits per heavy atom. The van der Waals surface area contributed by atoms with Crippen LogP contribution in [0.3, 0.4) is 0 Å². The molecule has 0 atom stereocenters. The lowest BCUT2D eigenvalue weighted by molar-refractivity contribution is 0.382. The van der Waals surface area contributed by atoms with Gasteiger partial charge >= 0.3 is 0 Å². The summed E-state index contributed by atoms with van der Waals surface area (Å²) in [6, 6.07) is 4.16. The molecule has 0 unspecified atom stereocenters. The molecule has 1 fully saturated rings. The van der Waals surface area contributed by atoms with Gasteiger partial charge in [-0.2, -0.15) is 4.31 Å². The number of hydrogen-bond donors (Lipinski definition) is 0. The molecule has 0 bridgehead atoms. The molecule has 0 amide bonds. The minimum absolute atomic E-state index is 0.150. The lowest BCUT2D eigenvalue weighted by Crippen LogP contribution is -2.48. The molecule has 2 heterocycles. The summed E-state index contributed by atoms with van der Waals surface area (Å²) in [6.45, 7) is 1.08. The molecule has 1 aliphatic rings. The number of benzene rings is 1. The smallest absolute Gasteiger partial charge is 0.246 e. The van der Waals surface area contributed by atoms with Crippen molar-refractivity contribution >= 4 is 27.3 Å². The summed E-state index contributed by atoms with van der Waals surface area (Å²) in [5, 5.41) is 0.477. The van der Waals surface area contributed by atoms with E-state index in [1.807, 2.05) is 4.90 Å². The normalized spacial score (nSPS) is 16.4. The van der Waals surface area contributed by atoms with Crippen LogP contribution in [0.25, 0.3) is 0 Å². The van der Waals surface area contributed by atoms with E-state index in [1.54, 1.807) is 12.3 Å². The average molecular weight is 374 g/mol. The fraction of sp³-hybridized carbons (Fsp3) is 0.267. The quantitative estimate of drug-likeness (QED) is 0.829. The number of halogens is 3. The van der Waals surface area contributed by atoms with E-state index in [4.69, 9.17) is 11.6 Å². The molecule has 128 valence electrons. The van der Waals surface area contributed by atoms with Gasteiger partial charge in [-0.15, -0.1) is 0 Å². The van der Waals surface area contributed by atoms with E-state index in [1.165, 1.54) is 6.20 Å². The van der Waals surface area contributed by atoms with Gasteiger partial charge in [-0.25, -0.2) is 17.2 Å². The molecule has 1 aliphatic heterocycles. The van der Waals surface area contributed by atoms with Crippen LogP contribution >= 0.6 is 11.6 Å². The molecule has 9 heteroatoms. The van der Waals surface area contributed by atoms with Crippen LogP contribution in [-0.2, 0) is 10.0 Å². The first kappa shape index (κ1) is 17.1. The maximum absolute atomic E-state index is 13.8. The molecule has 1 saturated heterocycles. The highest BCUT2D eigenvalue weighted by Crippen LogP contribution is 2.27. The van der Waals surface area contributed by atoms with Gasteiger partial charge in [-0.3, -0.25) is 4.98 Å². The van der Waals surface area contributed by atoms with Crippen LogP contribution in [0.2, 0.25) is 5.02 Å². The van der Waals surface area contributed by atoms with E-state index in [2.05, 4.69) is 4.98 Å². The summed E-state index contributed by atoms with van der Waals surface area (Å²) in [6.07, 6.45) is 3.12. The second-order valence-corrected chi connectivity index (χ2v) is 7.61. The maximum Gasteiger partial charge on any atom is 0.246 e. The molecule has 3 rings (SSSR count). The number of hydrogen-bond acceptors (Lipinski definition) is 4. The van der Waals surface area contributed by atoms with Gasteiger partial charge in [0.1, 0.15) is 16.5 Å². The van der Waals surface area contributed by atoms with Gasteiger partial charge in [-0.05, 0) is 24.3 Å². The monoisotopic (exact) mass is 373 g/mol. The van der Waals surface area contributed by atoms with Crippen LogP contribution in [0.15, 0.2) is 41.6 Å². The second-order valence-electron chi connectivity index (χ2n) is 5.29. The van der Waals surface area contributed by atoms with E-state index < -0.39 is 26.6 Å². The first-order valence-electron chi connectivity index (χ1n) is 7.19. The summed E-state index contributed by atoms with van der Waals surface area (Å²) in [7, 11) is -4.08. The van der Waals surface area contributed by atoms with Crippen LogP contribution < -0.4 is 4.90 Å². The van der Waals surface area contributed by atoms with Crippen molar-refractivity contribution < 1.29 is 17.2 Å². The van der Waals surface area contributed by atoms with Crippen molar-refractivity contribution in [2.75, 3.05) is 31.1 Å². The number of anilines is 1. The minimum Gasteiger partial charge on any atom is -0.368 e. The summed E-state index contributed by atoms with van der Waals surface area (Å²) in [5.74, 6) is -1.76. The largest absolute Gasteiger partial charge is 0.368 e. The number of pyridine rings is 1. The van der Waals surface area contributed by atoms with Crippen molar-refractivity contribution in [2.45, 2.75) is 4.90 Å². The van der Waals surface area contributed by atoms with Crippen molar-refractivity contribution in [1.82, 2.24) is 9.29 Å². The summed E-state index contributed by atoms with van der Waals surface area (Å²) in [4.78, 5) is 5.20. The van der Waals surface area contributed by atoms with Crippen LogP contribution in [0.4, 0.5) is 14.5 Å². The van der Waals surface area contributed by atoms with Crippen LogP contribution in [0.1, 0.15) is 0 Å². The predicted octanol–water partition coefficient (Wildman–Crippen LogP) is 2.52. The second kappa shape index (κ2) is 6.62. The fourth-order valence-electron chi connectivity index (χ4n) is 2.61. The molecule has 5 nitrogen and oxygen atoms in total. The minimum atomic E-state index is -4.08. The zero-order valence-corrected chi connectivity index (χ0v) is 14.1. The number of nitrogens with zero attached hydrogens (tertiary/aromatic N) is 3. The van der Waals surface area contributed by atoms with Gasteiger partial charge in [0.15, 0.2) is 0 Å². The lowest BCUT2D eigenvalue weighted by atomic mass is 10.3. The molecular formula is C15H14ClF2N3O2S. The molecule has 0 radical (unpaired) electrons. The molecule has 1 aromatic carbocycles. The molecule has 2 aromatic rings. The zero-order chi connectivity index (χ0) is 17.3. The van der Waals surface area contributed by atoms with E-state index in [-0.39, 0.29) is 13.1 Å². The van der Waals surface area contributed by atoms with Crippen LogP contribution in [0.5, 0.6) is 0 Å². The van der Waals surface area contributed by atoms with Gasteiger partial charge in [0.05, 0.1) is 10.7 Å². The standard InChI is InChI=1S/C15H14ClF2N3O2S/c16-12-10-19-4-3-14(12)20-5-7-21(8-6-20)24(22,23)15-9-11(17)1-2-13(15)18/h1-4,9-10H,5-8H2. The van der Waals surface area contributed by atoms with Gasteiger partial charge < -0.3 is 4.90 Å². The Morgan fingerprint density at radius 1 is 1.08 bits per heavy atom. The topological polar surface area (TPSA) is 53.5 Å². The number of rotatable bonds is 3. The third-order valence-corrected chi connectivity index (χ3v) is 6.05. The third-order valence-electron chi connectivity index (χ3n) is 3.84. The Balaban J connectivity index is 1.79. The maximum atomic E-state index is 13.8. The van der Waals surface area contributed by atoms with Crippen LogP contribution in [0, 0.1) is 11.6 Å². The van der Waals surface area contributed by atoms with Gasteiger partial charge in [-0.1, -0.05) is 11.6 Å². The Morgan fingerprint density at radius 3 is 2.46 bits per heavy atom. The first-order chi connectivity index (χ1) is 11.4. The summed E-state index contributed by atoms with van der Waals surface area (Å²) >= 11 is 6.09. The van der Waals surface area contributed by atoms with Crippen molar-refractivity contribution in [3.63, 3.8) is 0 Å². The van der Waals surface area contributed by atoms with E-state index in [0.29, 0.717) is 24.2 Å². The number of sulfonamides is 1. The average Bonchev–Trinajstić information content (AvgIpc) is 2.57. The number of piperazine rings is 1. The Labute approximate surface area is 143 Å². The number of aromatic nitrogens is 1. The highest BCUT2D eigenvalue weighted by molar-refractivity contribution is 7.89. The van der Waals surface area contributed by atoms with Crippen molar-refractivity contribution in [1.29, 1.82) is 0 Å². The Kier molecular flexibility index (Phi) is 4.71. The van der Waals surface area contributed by atoms with E-state index in [9.17, 15) is 17.2 Å². The molecule has 0 saturated carbocycles. The van der Waals surface area contributed by atoms with Crippen molar-refractivity contribution in [2.24, 2.45) is 0 Å². The molecule has 1 aromatic heterocycles. The van der Waals surface area contributed by atoms with E-state index in [0.717, 1.165) is 22.1 Å². The van der Waals surface area contributed by atoms with Gasteiger partial charge in [0.25, 0.3) is 0 Å². The predicted molar refractivity (Wildman–Crippen MR) is 86.6 cm³/mol. The van der Waals surface area contributed by atoms with E-state index >= 15 is 0 Å². The first-order valence-corrected chi connectivity index (χ1v) is 9.01. The van der Waals surface area contributed by atoms with Gasteiger partial charge in [0.2, 0.25) is 10.0 Å². The third kappa shape index (κ3) is 3.22. The molecular weight excluding hydrogens is 360 g/mol.